The molecule has 17 heavy (non-hydrogen) atoms. The van der Waals surface area contributed by atoms with E-state index in [9.17, 15) is 0 Å². The number of nitrogens with two attached hydrogens (primary N) is 1. The first-order chi connectivity index (χ1) is 8.17. The molecule has 0 atom stereocenters. The number of nitrogen functional groups attached to an aromatic ring is 1. The van der Waals surface area contributed by atoms with E-state index in [2.05, 4.69) is 0 Å². The molecule has 0 aromatic heterocycles. The summed E-state index contributed by atoms with van der Waals surface area (Å²) in [4.78, 5) is 0. The number of aliphatic hydroxyl groups is 1. The first-order valence-corrected chi connectivity index (χ1v) is 5.42. The molecular weight excluding hydrogens is 214 g/mol. The van der Waals surface area contributed by atoms with Crippen molar-refractivity contribution in [3.05, 3.63) is 53.6 Å². The van der Waals surface area contributed by atoms with Gasteiger partial charge in [-0.3, -0.25) is 0 Å². The van der Waals surface area contributed by atoms with Crippen molar-refractivity contribution in [2.75, 3.05) is 5.73 Å². The van der Waals surface area contributed by atoms with Gasteiger partial charge in [-0.25, -0.2) is 0 Å². The van der Waals surface area contributed by atoms with E-state index in [4.69, 9.17) is 15.6 Å². The second-order valence-electron chi connectivity index (χ2n) is 3.99. The minimum atomic E-state index is 0.00710. The highest BCUT2D eigenvalue weighted by atomic mass is 16.5. The molecule has 2 rings (SSSR count). The third kappa shape index (κ3) is 2.98. The SMILES string of the molecule is Cc1cc(N)cc(Oc2cccc(CO)c2)c1. The quantitative estimate of drug-likeness (QED) is 0.796. The maximum Gasteiger partial charge on any atom is 0.129 e. The Morgan fingerprint density at radius 2 is 1.94 bits per heavy atom. The summed E-state index contributed by atoms with van der Waals surface area (Å²) >= 11 is 0. The first-order valence-electron chi connectivity index (χ1n) is 5.42. The molecule has 0 bridgehead atoms. The maximum atomic E-state index is 9.04. The molecule has 0 saturated heterocycles. The minimum absolute atomic E-state index is 0.00710. The number of rotatable bonds is 3. The number of ether oxygens (including phenoxy) is 1. The smallest absolute Gasteiger partial charge is 0.129 e. The molecule has 0 aliphatic heterocycles. The molecule has 0 saturated carbocycles. The van der Waals surface area contributed by atoms with Crippen molar-refractivity contribution < 1.29 is 9.84 Å². The lowest BCUT2D eigenvalue weighted by Crippen LogP contribution is -1.90. The molecule has 0 heterocycles. The van der Waals surface area contributed by atoms with Gasteiger partial charge in [0, 0.05) is 11.8 Å². The fourth-order valence-corrected chi connectivity index (χ4v) is 1.68. The van der Waals surface area contributed by atoms with Crippen molar-refractivity contribution in [1.82, 2.24) is 0 Å². The molecule has 3 heteroatoms. The Morgan fingerprint density at radius 3 is 2.65 bits per heavy atom. The molecule has 0 aliphatic carbocycles. The Morgan fingerprint density at radius 1 is 1.12 bits per heavy atom. The molecule has 3 nitrogen and oxygen atoms in total. The second-order valence-corrected chi connectivity index (χ2v) is 3.99. The Bertz CT molecular complexity index is 503. The fraction of sp³-hybridized carbons (Fsp3) is 0.143. The van der Waals surface area contributed by atoms with Gasteiger partial charge in [0.2, 0.25) is 0 Å². The highest BCUT2D eigenvalue weighted by Crippen LogP contribution is 2.25. The van der Waals surface area contributed by atoms with Crippen LogP contribution in [0.4, 0.5) is 5.69 Å². The highest BCUT2D eigenvalue weighted by molar-refractivity contribution is 5.48. The van der Waals surface area contributed by atoms with Crippen LogP contribution in [0, 0.1) is 6.92 Å². The van der Waals surface area contributed by atoms with Gasteiger partial charge in [0.1, 0.15) is 11.5 Å². The van der Waals surface area contributed by atoms with Crippen LogP contribution in [0.5, 0.6) is 11.5 Å². The van der Waals surface area contributed by atoms with Gasteiger partial charge in [-0.2, -0.15) is 0 Å². The van der Waals surface area contributed by atoms with Crippen LogP contribution in [0.2, 0.25) is 0 Å². The number of benzene rings is 2. The topological polar surface area (TPSA) is 55.5 Å². The Kier molecular flexibility index (Phi) is 3.30. The van der Waals surface area contributed by atoms with Crippen LogP contribution in [0.15, 0.2) is 42.5 Å². The first kappa shape index (κ1) is 11.5. The van der Waals surface area contributed by atoms with E-state index in [1.165, 1.54) is 0 Å². The van der Waals surface area contributed by atoms with Gasteiger partial charge in [-0.15, -0.1) is 0 Å². The van der Waals surface area contributed by atoms with Gasteiger partial charge in [0.05, 0.1) is 6.61 Å². The molecule has 0 amide bonds. The number of hydrogen-bond donors (Lipinski definition) is 2. The normalized spacial score (nSPS) is 10.2. The molecule has 88 valence electrons. The monoisotopic (exact) mass is 229 g/mol. The predicted octanol–water partition coefficient (Wildman–Crippen LogP) is 2.86. The zero-order valence-electron chi connectivity index (χ0n) is 9.68. The molecule has 0 aliphatic rings. The lowest BCUT2D eigenvalue weighted by Gasteiger charge is -2.08. The molecule has 0 unspecified atom stereocenters. The van der Waals surface area contributed by atoms with Gasteiger partial charge in [0.15, 0.2) is 0 Å². The van der Waals surface area contributed by atoms with Crippen LogP contribution in [0.25, 0.3) is 0 Å². The summed E-state index contributed by atoms with van der Waals surface area (Å²) in [6.07, 6.45) is 0. The van der Waals surface area contributed by atoms with Crippen LogP contribution in [-0.4, -0.2) is 5.11 Å². The van der Waals surface area contributed by atoms with E-state index >= 15 is 0 Å². The predicted molar refractivity (Wildman–Crippen MR) is 68.0 cm³/mol. The minimum Gasteiger partial charge on any atom is -0.457 e. The van der Waals surface area contributed by atoms with E-state index in [1.807, 2.05) is 37.3 Å². The van der Waals surface area contributed by atoms with Crippen molar-refractivity contribution >= 4 is 5.69 Å². The fourth-order valence-electron chi connectivity index (χ4n) is 1.68. The molecule has 0 fully saturated rings. The zero-order chi connectivity index (χ0) is 12.3. The number of aliphatic hydroxyl groups excluding tert-OH is 1. The van der Waals surface area contributed by atoms with Crippen LogP contribution in [-0.2, 0) is 6.61 Å². The van der Waals surface area contributed by atoms with Crippen LogP contribution < -0.4 is 10.5 Å². The number of hydrogen-bond acceptors (Lipinski definition) is 3. The van der Waals surface area contributed by atoms with Gasteiger partial charge in [0.25, 0.3) is 0 Å². The molecule has 2 aromatic rings. The molecule has 2 aromatic carbocycles. The van der Waals surface area contributed by atoms with Crippen molar-refractivity contribution in [2.24, 2.45) is 0 Å². The van der Waals surface area contributed by atoms with Gasteiger partial charge in [-0.1, -0.05) is 12.1 Å². The summed E-state index contributed by atoms with van der Waals surface area (Å²) in [5.41, 5.74) is 8.30. The lowest BCUT2D eigenvalue weighted by atomic mass is 10.2. The van der Waals surface area contributed by atoms with E-state index in [-0.39, 0.29) is 6.61 Å². The van der Waals surface area contributed by atoms with E-state index < -0.39 is 0 Å². The average Bonchev–Trinajstić information content (AvgIpc) is 2.28. The third-order valence-corrected chi connectivity index (χ3v) is 2.39. The molecule has 0 spiro atoms. The third-order valence-electron chi connectivity index (χ3n) is 2.39. The standard InChI is InChI=1S/C14H15NO2/c1-10-5-12(15)8-14(6-10)17-13-4-2-3-11(7-13)9-16/h2-8,16H,9,15H2,1H3. The van der Waals surface area contributed by atoms with Crippen molar-refractivity contribution in [2.45, 2.75) is 13.5 Å². The zero-order valence-corrected chi connectivity index (χ0v) is 9.68. The number of anilines is 1. The second kappa shape index (κ2) is 4.89. The summed E-state index contributed by atoms with van der Waals surface area (Å²) in [6.45, 7) is 1.97. The molecular formula is C14H15NO2. The summed E-state index contributed by atoms with van der Waals surface area (Å²) in [5.74, 6) is 1.40. The van der Waals surface area contributed by atoms with Gasteiger partial charge < -0.3 is 15.6 Å². The summed E-state index contributed by atoms with van der Waals surface area (Å²) in [5, 5.41) is 9.04. The number of aryl methyl sites for hydroxylation is 1. The van der Waals surface area contributed by atoms with Crippen molar-refractivity contribution in [3.8, 4) is 11.5 Å². The van der Waals surface area contributed by atoms with E-state index in [1.54, 1.807) is 12.1 Å². The van der Waals surface area contributed by atoms with Crippen molar-refractivity contribution in [3.63, 3.8) is 0 Å². The van der Waals surface area contributed by atoms with Crippen LogP contribution in [0.1, 0.15) is 11.1 Å². The van der Waals surface area contributed by atoms with Crippen LogP contribution >= 0.6 is 0 Å². The molecule has 0 radical (unpaired) electrons. The van der Waals surface area contributed by atoms with E-state index in [0.717, 1.165) is 11.1 Å². The lowest BCUT2D eigenvalue weighted by molar-refractivity contribution is 0.281. The summed E-state index contributed by atoms with van der Waals surface area (Å²) < 4.78 is 5.69. The molecule has 3 N–H and O–H groups in total. The largest absolute Gasteiger partial charge is 0.457 e. The van der Waals surface area contributed by atoms with Crippen LogP contribution in [0.3, 0.4) is 0 Å². The Labute approximate surface area is 100 Å². The highest BCUT2D eigenvalue weighted by Gasteiger charge is 2.00. The van der Waals surface area contributed by atoms with Gasteiger partial charge in [-0.05, 0) is 42.3 Å². The summed E-state index contributed by atoms with van der Waals surface area (Å²) in [7, 11) is 0. The van der Waals surface area contributed by atoms with Gasteiger partial charge >= 0.3 is 0 Å². The Balaban J connectivity index is 2.24. The maximum absolute atomic E-state index is 9.04. The van der Waals surface area contributed by atoms with E-state index in [0.29, 0.717) is 17.2 Å². The summed E-state index contributed by atoms with van der Waals surface area (Å²) in [6, 6.07) is 12.9. The average molecular weight is 229 g/mol. The Hall–Kier alpha value is -2.00. The van der Waals surface area contributed by atoms with Crippen molar-refractivity contribution in [1.29, 1.82) is 0 Å².